The van der Waals surface area contributed by atoms with E-state index >= 15 is 0 Å². The average molecular weight is 270 g/mol. The molecule has 0 aliphatic heterocycles. The summed E-state index contributed by atoms with van der Waals surface area (Å²) in [4.78, 5) is 11.9. The Kier molecular flexibility index (Phi) is 4.60. The minimum atomic E-state index is -0.145. The number of ether oxygens (including phenoxy) is 1. The summed E-state index contributed by atoms with van der Waals surface area (Å²) < 4.78 is 5.50. The molecular formula is C16H18N2O2. The zero-order valence-electron chi connectivity index (χ0n) is 11.4. The molecule has 104 valence electrons. The molecule has 20 heavy (non-hydrogen) atoms. The van der Waals surface area contributed by atoms with Gasteiger partial charge in [0.25, 0.3) is 5.91 Å². The molecule has 2 aromatic rings. The van der Waals surface area contributed by atoms with Gasteiger partial charge in [-0.3, -0.25) is 4.79 Å². The molecule has 0 aliphatic rings. The SMILES string of the molecule is Cc1ccc(C(=O)NCCOc2ccccc2)cc1N. The number of carbonyl (C=O) groups excluding carboxylic acids is 1. The molecule has 0 heterocycles. The summed E-state index contributed by atoms with van der Waals surface area (Å²) in [6.45, 7) is 2.78. The number of rotatable bonds is 5. The van der Waals surface area contributed by atoms with Crippen molar-refractivity contribution < 1.29 is 9.53 Å². The third-order valence-corrected chi connectivity index (χ3v) is 2.94. The van der Waals surface area contributed by atoms with Gasteiger partial charge in [0.15, 0.2) is 0 Å². The first-order valence-corrected chi connectivity index (χ1v) is 6.49. The van der Waals surface area contributed by atoms with Crippen LogP contribution in [0.15, 0.2) is 48.5 Å². The van der Waals surface area contributed by atoms with Gasteiger partial charge in [0.05, 0.1) is 6.54 Å². The molecule has 4 nitrogen and oxygen atoms in total. The van der Waals surface area contributed by atoms with Crippen LogP contribution in [-0.4, -0.2) is 19.1 Å². The molecule has 0 fully saturated rings. The number of carbonyl (C=O) groups is 1. The Morgan fingerprint density at radius 3 is 2.65 bits per heavy atom. The van der Waals surface area contributed by atoms with Crippen molar-refractivity contribution in [2.75, 3.05) is 18.9 Å². The van der Waals surface area contributed by atoms with E-state index in [1.54, 1.807) is 12.1 Å². The van der Waals surface area contributed by atoms with Crippen LogP contribution in [0.1, 0.15) is 15.9 Å². The highest BCUT2D eigenvalue weighted by molar-refractivity contribution is 5.95. The smallest absolute Gasteiger partial charge is 0.251 e. The van der Waals surface area contributed by atoms with Crippen LogP contribution in [0.4, 0.5) is 5.69 Å². The van der Waals surface area contributed by atoms with Crippen molar-refractivity contribution in [3.8, 4) is 5.75 Å². The Morgan fingerprint density at radius 1 is 1.20 bits per heavy atom. The van der Waals surface area contributed by atoms with Gasteiger partial charge >= 0.3 is 0 Å². The number of aryl methyl sites for hydroxylation is 1. The molecule has 0 aliphatic carbocycles. The Morgan fingerprint density at radius 2 is 1.95 bits per heavy atom. The van der Waals surface area contributed by atoms with E-state index < -0.39 is 0 Å². The van der Waals surface area contributed by atoms with Crippen molar-refractivity contribution in [3.63, 3.8) is 0 Å². The molecule has 0 saturated heterocycles. The first-order valence-electron chi connectivity index (χ1n) is 6.49. The maximum absolute atomic E-state index is 11.9. The zero-order chi connectivity index (χ0) is 14.4. The van der Waals surface area contributed by atoms with Crippen LogP contribution in [0.5, 0.6) is 5.75 Å². The van der Waals surface area contributed by atoms with Gasteiger partial charge in [-0.05, 0) is 36.8 Å². The number of hydrogen-bond acceptors (Lipinski definition) is 3. The number of nitrogen functional groups attached to an aromatic ring is 1. The summed E-state index contributed by atoms with van der Waals surface area (Å²) in [5, 5.41) is 2.80. The molecule has 0 unspecified atom stereocenters. The minimum Gasteiger partial charge on any atom is -0.492 e. The average Bonchev–Trinajstić information content (AvgIpc) is 2.47. The van der Waals surface area contributed by atoms with E-state index in [-0.39, 0.29) is 5.91 Å². The number of nitrogens with one attached hydrogen (secondary N) is 1. The van der Waals surface area contributed by atoms with Crippen molar-refractivity contribution in [3.05, 3.63) is 59.7 Å². The number of benzene rings is 2. The van der Waals surface area contributed by atoms with Gasteiger partial charge in [0, 0.05) is 11.3 Å². The highest BCUT2D eigenvalue weighted by Gasteiger charge is 2.06. The largest absolute Gasteiger partial charge is 0.492 e. The highest BCUT2D eigenvalue weighted by atomic mass is 16.5. The number of anilines is 1. The molecular weight excluding hydrogens is 252 g/mol. The molecule has 3 N–H and O–H groups in total. The number of amides is 1. The van der Waals surface area contributed by atoms with Crippen molar-refractivity contribution in [2.24, 2.45) is 0 Å². The highest BCUT2D eigenvalue weighted by Crippen LogP contribution is 2.12. The normalized spacial score (nSPS) is 10.1. The molecule has 4 heteroatoms. The Bertz CT molecular complexity index is 582. The fourth-order valence-electron chi connectivity index (χ4n) is 1.73. The summed E-state index contributed by atoms with van der Waals surface area (Å²) in [6.07, 6.45) is 0. The second-order valence-electron chi connectivity index (χ2n) is 4.49. The number of hydrogen-bond donors (Lipinski definition) is 2. The predicted molar refractivity (Wildman–Crippen MR) is 79.9 cm³/mol. The van der Waals surface area contributed by atoms with E-state index in [1.807, 2.05) is 43.3 Å². The maximum atomic E-state index is 11.9. The van der Waals surface area contributed by atoms with Crippen LogP contribution in [0.2, 0.25) is 0 Å². The fourth-order valence-corrected chi connectivity index (χ4v) is 1.73. The molecule has 0 bridgehead atoms. The van der Waals surface area contributed by atoms with Crippen molar-refractivity contribution in [2.45, 2.75) is 6.92 Å². The Balaban J connectivity index is 1.79. The molecule has 2 aromatic carbocycles. The molecule has 0 atom stereocenters. The monoisotopic (exact) mass is 270 g/mol. The van der Waals surface area contributed by atoms with Crippen LogP contribution < -0.4 is 15.8 Å². The summed E-state index contributed by atoms with van der Waals surface area (Å²) >= 11 is 0. The van der Waals surface area contributed by atoms with Gasteiger partial charge in [-0.15, -0.1) is 0 Å². The molecule has 0 radical (unpaired) electrons. The van der Waals surface area contributed by atoms with Crippen LogP contribution >= 0.6 is 0 Å². The van der Waals surface area contributed by atoms with Gasteiger partial charge in [-0.2, -0.15) is 0 Å². The van der Waals surface area contributed by atoms with Gasteiger partial charge in [-0.25, -0.2) is 0 Å². The van der Waals surface area contributed by atoms with Gasteiger partial charge < -0.3 is 15.8 Å². The lowest BCUT2D eigenvalue weighted by molar-refractivity contribution is 0.0947. The third-order valence-electron chi connectivity index (χ3n) is 2.94. The lowest BCUT2D eigenvalue weighted by Crippen LogP contribution is -2.28. The van der Waals surface area contributed by atoms with E-state index in [4.69, 9.17) is 10.5 Å². The van der Waals surface area contributed by atoms with Crippen molar-refractivity contribution >= 4 is 11.6 Å². The van der Waals surface area contributed by atoms with E-state index in [9.17, 15) is 4.79 Å². The fraction of sp³-hybridized carbons (Fsp3) is 0.188. The zero-order valence-corrected chi connectivity index (χ0v) is 11.4. The summed E-state index contributed by atoms with van der Waals surface area (Å²) in [5.41, 5.74) is 7.94. The van der Waals surface area contributed by atoms with Gasteiger partial charge in [-0.1, -0.05) is 24.3 Å². The maximum Gasteiger partial charge on any atom is 0.251 e. The molecule has 1 amide bonds. The third kappa shape index (κ3) is 3.75. The predicted octanol–water partition coefficient (Wildman–Crippen LogP) is 2.39. The lowest BCUT2D eigenvalue weighted by atomic mass is 10.1. The van der Waals surface area contributed by atoms with Crippen LogP contribution in [0.25, 0.3) is 0 Å². The van der Waals surface area contributed by atoms with E-state index in [0.717, 1.165) is 11.3 Å². The number of nitrogens with two attached hydrogens (primary N) is 1. The van der Waals surface area contributed by atoms with Crippen LogP contribution in [-0.2, 0) is 0 Å². The van der Waals surface area contributed by atoms with Gasteiger partial charge in [0.1, 0.15) is 12.4 Å². The van der Waals surface area contributed by atoms with Gasteiger partial charge in [0.2, 0.25) is 0 Å². The summed E-state index contributed by atoms with van der Waals surface area (Å²) in [5.74, 6) is 0.648. The molecule has 2 rings (SSSR count). The second kappa shape index (κ2) is 6.61. The standard InChI is InChI=1S/C16H18N2O2/c1-12-7-8-13(11-15(12)17)16(19)18-9-10-20-14-5-3-2-4-6-14/h2-8,11H,9-10,17H2,1H3,(H,18,19). The number of para-hydroxylation sites is 1. The van der Waals surface area contributed by atoms with Crippen molar-refractivity contribution in [1.29, 1.82) is 0 Å². The summed E-state index contributed by atoms with van der Waals surface area (Å²) in [7, 11) is 0. The van der Waals surface area contributed by atoms with Crippen molar-refractivity contribution in [1.82, 2.24) is 5.32 Å². The van der Waals surface area contributed by atoms with Crippen LogP contribution in [0, 0.1) is 6.92 Å². The minimum absolute atomic E-state index is 0.145. The second-order valence-corrected chi connectivity index (χ2v) is 4.49. The molecule has 0 saturated carbocycles. The molecule has 0 aromatic heterocycles. The molecule has 0 spiro atoms. The van der Waals surface area contributed by atoms with E-state index in [1.165, 1.54) is 0 Å². The Hall–Kier alpha value is -2.49. The van der Waals surface area contributed by atoms with E-state index in [0.29, 0.717) is 24.4 Å². The van der Waals surface area contributed by atoms with Crippen LogP contribution in [0.3, 0.4) is 0 Å². The summed E-state index contributed by atoms with van der Waals surface area (Å²) in [6, 6.07) is 14.8. The van der Waals surface area contributed by atoms with E-state index in [2.05, 4.69) is 5.32 Å². The quantitative estimate of drug-likeness (QED) is 0.647. The lowest BCUT2D eigenvalue weighted by Gasteiger charge is -2.08. The topological polar surface area (TPSA) is 64.3 Å². The Labute approximate surface area is 118 Å². The first-order chi connectivity index (χ1) is 9.66. The first kappa shape index (κ1) is 13.9.